The van der Waals surface area contributed by atoms with Crippen LogP contribution in [0, 0.1) is 5.92 Å². The van der Waals surface area contributed by atoms with E-state index in [0.29, 0.717) is 6.42 Å². The number of hydrogen-bond acceptors (Lipinski definition) is 3. The van der Waals surface area contributed by atoms with Gasteiger partial charge in [0, 0.05) is 35.0 Å². The average Bonchev–Trinajstić information content (AvgIpc) is 3.30. The van der Waals surface area contributed by atoms with Crippen LogP contribution in [-0.2, 0) is 11.2 Å². The van der Waals surface area contributed by atoms with E-state index < -0.39 is 0 Å². The molecule has 0 radical (unpaired) electrons. The topological polar surface area (TPSA) is 51.3 Å². The normalized spacial score (nSPS) is 21.7. The van der Waals surface area contributed by atoms with E-state index >= 15 is 0 Å². The first-order valence-corrected chi connectivity index (χ1v) is 12.8. The van der Waals surface area contributed by atoms with E-state index in [1.807, 2.05) is 12.1 Å². The molecule has 2 aliphatic carbocycles. The zero-order chi connectivity index (χ0) is 24.6. The van der Waals surface area contributed by atoms with Crippen molar-refractivity contribution in [3.63, 3.8) is 0 Å². The van der Waals surface area contributed by atoms with Crippen LogP contribution >= 0.6 is 0 Å². The molecule has 3 aromatic carbocycles. The van der Waals surface area contributed by atoms with Gasteiger partial charge in [-0.1, -0.05) is 54.1 Å². The summed E-state index contributed by atoms with van der Waals surface area (Å²) in [5, 5.41) is 1.27. The van der Waals surface area contributed by atoms with Gasteiger partial charge in [0.1, 0.15) is 11.5 Å². The molecule has 0 fully saturated rings. The molecule has 4 heteroatoms. The van der Waals surface area contributed by atoms with Crippen LogP contribution in [-0.4, -0.2) is 25.0 Å². The van der Waals surface area contributed by atoms with E-state index in [4.69, 9.17) is 9.47 Å². The molecule has 3 atom stereocenters. The number of aromatic amines is 1. The Hall–Kier alpha value is -3.79. The quantitative estimate of drug-likeness (QED) is 0.338. The number of allylic oxidation sites excluding steroid dienone is 2. The fourth-order valence-electron chi connectivity index (χ4n) is 6.45. The molecule has 1 N–H and O–H groups in total. The fourth-order valence-corrected chi connectivity index (χ4v) is 6.45. The fraction of sp³-hybridized carbons (Fsp3) is 0.281. The first-order chi connectivity index (χ1) is 17.7. The molecule has 0 unspecified atom stereocenters. The molecule has 2 aliphatic rings. The van der Waals surface area contributed by atoms with Crippen LogP contribution in [0.2, 0.25) is 0 Å². The number of H-pyrrole nitrogens is 1. The number of aromatic nitrogens is 1. The molecule has 4 aromatic rings. The third kappa shape index (κ3) is 3.91. The number of nitrogens with one attached hydrogen (secondary N) is 1. The van der Waals surface area contributed by atoms with Gasteiger partial charge in [0.15, 0.2) is 5.78 Å². The average molecular weight is 478 g/mol. The van der Waals surface area contributed by atoms with Gasteiger partial charge in [-0.3, -0.25) is 4.79 Å². The van der Waals surface area contributed by atoms with Crippen molar-refractivity contribution in [1.82, 2.24) is 4.98 Å². The van der Waals surface area contributed by atoms with Crippen molar-refractivity contribution in [1.29, 1.82) is 0 Å². The lowest BCUT2D eigenvalue weighted by molar-refractivity contribution is -0.115. The molecule has 0 spiro atoms. The number of fused-ring (bicyclic) bond motifs is 3. The van der Waals surface area contributed by atoms with Crippen LogP contribution < -0.4 is 9.47 Å². The second kappa shape index (κ2) is 9.34. The largest absolute Gasteiger partial charge is 0.497 e. The molecular weight excluding hydrogens is 446 g/mol. The third-order valence-corrected chi connectivity index (χ3v) is 7.98. The van der Waals surface area contributed by atoms with E-state index in [9.17, 15) is 4.79 Å². The Bertz CT molecular complexity index is 1430. The molecule has 182 valence electrons. The molecule has 0 bridgehead atoms. The predicted molar refractivity (Wildman–Crippen MR) is 143 cm³/mol. The van der Waals surface area contributed by atoms with E-state index in [1.54, 1.807) is 14.2 Å². The minimum absolute atomic E-state index is 0.130. The van der Waals surface area contributed by atoms with Gasteiger partial charge in [0.25, 0.3) is 0 Å². The summed E-state index contributed by atoms with van der Waals surface area (Å²) in [5.74, 6) is 2.27. The van der Waals surface area contributed by atoms with Gasteiger partial charge < -0.3 is 14.5 Å². The third-order valence-electron chi connectivity index (χ3n) is 7.98. The molecule has 1 aromatic heterocycles. The Morgan fingerprint density at radius 2 is 1.56 bits per heavy atom. The van der Waals surface area contributed by atoms with Gasteiger partial charge in [0.2, 0.25) is 0 Å². The lowest BCUT2D eigenvalue weighted by Crippen LogP contribution is -2.31. The smallest absolute Gasteiger partial charge is 0.155 e. The molecule has 1 heterocycles. The highest BCUT2D eigenvalue weighted by Crippen LogP contribution is 2.54. The van der Waals surface area contributed by atoms with Crippen LogP contribution in [0.4, 0.5) is 0 Å². The lowest BCUT2D eigenvalue weighted by Gasteiger charge is -2.41. The summed E-state index contributed by atoms with van der Waals surface area (Å²) < 4.78 is 11.3. The second-order valence-electron chi connectivity index (χ2n) is 9.97. The summed E-state index contributed by atoms with van der Waals surface area (Å²) in [7, 11) is 3.39. The van der Waals surface area contributed by atoms with Crippen LogP contribution in [0.3, 0.4) is 0 Å². The highest BCUT2D eigenvalue weighted by Gasteiger charge is 2.42. The Morgan fingerprint density at radius 1 is 0.833 bits per heavy atom. The monoisotopic (exact) mass is 477 g/mol. The SMILES string of the molecule is COc1cc(OC)cc([C@@H]2Cc3[nH]c4ccccc4c3[C@@H](c3ccccc3)[C@@H]2C2=CC(=O)CCC2)c1. The van der Waals surface area contributed by atoms with E-state index in [2.05, 4.69) is 71.7 Å². The zero-order valence-corrected chi connectivity index (χ0v) is 20.8. The number of para-hydroxylation sites is 1. The van der Waals surface area contributed by atoms with Gasteiger partial charge in [-0.2, -0.15) is 0 Å². The van der Waals surface area contributed by atoms with Crippen molar-refractivity contribution in [3.05, 3.63) is 107 Å². The number of ether oxygens (including phenoxy) is 2. The van der Waals surface area contributed by atoms with Crippen molar-refractivity contribution in [2.45, 2.75) is 37.5 Å². The predicted octanol–water partition coefficient (Wildman–Crippen LogP) is 6.95. The van der Waals surface area contributed by atoms with Crippen LogP contribution in [0.1, 0.15) is 53.5 Å². The summed E-state index contributed by atoms with van der Waals surface area (Å²) in [6.45, 7) is 0. The molecule has 0 saturated heterocycles. The number of methoxy groups -OCH3 is 2. The Kier molecular flexibility index (Phi) is 5.88. The highest BCUT2D eigenvalue weighted by molar-refractivity contribution is 5.91. The maximum atomic E-state index is 12.7. The van der Waals surface area contributed by atoms with Gasteiger partial charge in [-0.25, -0.2) is 0 Å². The molecule has 0 aliphatic heterocycles. The van der Waals surface area contributed by atoms with Gasteiger partial charge in [-0.15, -0.1) is 0 Å². The Labute approximate surface area is 212 Å². The standard InChI is InChI=1S/C32H31NO3/c1-35-24-16-22(17-25(18-24)36-2)27-19-29-32(26-13-6-7-14-28(26)33-29)31(20-9-4-3-5-10-20)30(27)21-11-8-12-23(34)15-21/h3-7,9-10,13-18,27,30-31,33H,8,11-12,19H2,1-2H3/t27-,30+,31-/m0/s1. The highest BCUT2D eigenvalue weighted by atomic mass is 16.5. The number of carbonyl (C=O) groups excluding carboxylic acids is 1. The summed E-state index contributed by atoms with van der Waals surface area (Å²) in [5.41, 5.74) is 7.54. The summed E-state index contributed by atoms with van der Waals surface area (Å²) in [4.78, 5) is 16.4. The number of hydrogen-bond donors (Lipinski definition) is 1. The number of carbonyl (C=O) groups is 1. The number of rotatable bonds is 5. The molecule has 6 rings (SSSR count). The van der Waals surface area contributed by atoms with Gasteiger partial charge in [-0.05, 0) is 72.1 Å². The summed E-state index contributed by atoms with van der Waals surface area (Å²) in [6, 6.07) is 25.6. The van der Waals surface area contributed by atoms with Crippen molar-refractivity contribution in [3.8, 4) is 11.5 Å². The van der Waals surface area contributed by atoms with Gasteiger partial charge >= 0.3 is 0 Å². The van der Waals surface area contributed by atoms with Crippen molar-refractivity contribution in [2.24, 2.45) is 5.92 Å². The molecule has 0 amide bonds. The minimum Gasteiger partial charge on any atom is -0.497 e. The molecular formula is C32H31NO3. The molecule has 36 heavy (non-hydrogen) atoms. The lowest BCUT2D eigenvalue weighted by atomic mass is 9.62. The van der Waals surface area contributed by atoms with E-state index in [-0.39, 0.29) is 23.5 Å². The van der Waals surface area contributed by atoms with Crippen molar-refractivity contribution in [2.75, 3.05) is 14.2 Å². The number of ketones is 1. The maximum absolute atomic E-state index is 12.7. The number of benzene rings is 3. The van der Waals surface area contributed by atoms with Crippen molar-refractivity contribution >= 4 is 16.7 Å². The van der Waals surface area contributed by atoms with Crippen LogP contribution in [0.25, 0.3) is 10.9 Å². The Morgan fingerprint density at radius 3 is 2.28 bits per heavy atom. The molecule has 4 nitrogen and oxygen atoms in total. The van der Waals surface area contributed by atoms with Gasteiger partial charge in [0.05, 0.1) is 14.2 Å². The van der Waals surface area contributed by atoms with Crippen LogP contribution in [0.5, 0.6) is 11.5 Å². The maximum Gasteiger partial charge on any atom is 0.155 e. The summed E-state index contributed by atoms with van der Waals surface area (Å²) >= 11 is 0. The minimum atomic E-state index is 0.130. The van der Waals surface area contributed by atoms with Crippen LogP contribution in [0.15, 0.2) is 84.4 Å². The first kappa shape index (κ1) is 22.7. The Balaban J connectivity index is 1.63. The molecule has 0 saturated carbocycles. The van der Waals surface area contributed by atoms with E-state index in [1.165, 1.54) is 38.9 Å². The summed E-state index contributed by atoms with van der Waals surface area (Å²) in [6.07, 6.45) is 5.32. The zero-order valence-electron chi connectivity index (χ0n) is 20.8. The second-order valence-corrected chi connectivity index (χ2v) is 9.97. The first-order valence-electron chi connectivity index (χ1n) is 12.8. The van der Waals surface area contributed by atoms with E-state index in [0.717, 1.165) is 30.8 Å². The van der Waals surface area contributed by atoms with Crippen molar-refractivity contribution < 1.29 is 14.3 Å².